The highest BCUT2D eigenvalue weighted by molar-refractivity contribution is 6.30. The van der Waals surface area contributed by atoms with Gasteiger partial charge in [-0.15, -0.1) is 0 Å². The molecular weight excluding hydrogens is 458 g/mol. The van der Waals surface area contributed by atoms with Crippen LogP contribution in [-0.4, -0.2) is 32.3 Å². The molecule has 1 unspecified atom stereocenters. The van der Waals surface area contributed by atoms with Gasteiger partial charge in [0.25, 0.3) is 0 Å². The van der Waals surface area contributed by atoms with Gasteiger partial charge in [0.2, 0.25) is 0 Å². The number of nitrogens with zero attached hydrogens (tertiary/aromatic N) is 2. The number of hydrogen-bond acceptors (Lipinski definition) is 8. The smallest absolute Gasteiger partial charge is 0.355 e. The Bertz CT molecular complexity index is 1200. The first kappa shape index (κ1) is 24.7. The summed E-state index contributed by atoms with van der Waals surface area (Å²) in [5, 5.41) is 10.5. The first-order valence-corrected chi connectivity index (χ1v) is 10.9. The molecule has 0 fully saturated rings. The molecule has 3 rings (SSSR count). The van der Waals surface area contributed by atoms with Gasteiger partial charge < -0.3 is 19.9 Å². The normalized spacial score (nSPS) is 15.6. The predicted molar refractivity (Wildman–Crippen MR) is 127 cm³/mol. The number of rotatable bonds is 7. The lowest BCUT2D eigenvalue weighted by molar-refractivity contribution is -0.142. The van der Waals surface area contributed by atoms with Gasteiger partial charge >= 0.3 is 11.9 Å². The average molecular weight is 482 g/mol. The lowest BCUT2D eigenvalue weighted by Gasteiger charge is -2.36. The molecule has 0 saturated carbocycles. The largest absolute Gasteiger partial charge is 0.497 e. The van der Waals surface area contributed by atoms with Crippen molar-refractivity contribution in [3.8, 4) is 11.8 Å². The Balaban J connectivity index is 2.38. The third kappa shape index (κ3) is 4.70. The molecule has 0 spiro atoms. The van der Waals surface area contributed by atoms with Gasteiger partial charge in [-0.05, 0) is 55.8 Å². The number of esters is 2. The summed E-state index contributed by atoms with van der Waals surface area (Å²) in [6.07, 6.45) is 0. The molecule has 1 aliphatic heterocycles. The topological polar surface area (TPSA) is 115 Å². The van der Waals surface area contributed by atoms with Crippen LogP contribution in [0, 0.1) is 11.3 Å². The molecule has 1 atom stereocenters. The summed E-state index contributed by atoms with van der Waals surface area (Å²) < 4.78 is 15.8. The monoisotopic (exact) mass is 481 g/mol. The summed E-state index contributed by atoms with van der Waals surface area (Å²) in [7, 11) is 1.52. The molecule has 176 valence electrons. The molecule has 1 aliphatic rings. The van der Waals surface area contributed by atoms with Crippen LogP contribution >= 0.6 is 11.6 Å². The van der Waals surface area contributed by atoms with Gasteiger partial charge in [0.15, 0.2) is 0 Å². The zero-order valence-corrected chi connectivity index (χ0v) is 19.8. The van der Waals surface area contributed by atoms with Gasteiger partial charge in [-0.1, -0.05) is 23.7 Å². The van der Waals surface area contributed by atoms with Gasteiger partial charge in [-0.25, -0.2) is 9.59 Å². The molecule has 0 saturated heterocycles. The Labute approximate surface area is 202 Å². The highest BCUT2D eigenvalue weighted by Gasteiger charge is 2.43. The minimum absolute atomic E-state index is 0.0197. The van der Waals surface area contributed by atoms with Crippen molar-refractivity contribution in [2.45, 2.75) is 19.8 Å². The highest BCUT2D eigenvalue weighted by Crippen LogP contribution is 2.43. The fourth-order valence-electron chi connectivity index (χ4n) is 3.76. The standard InChI is InChI=1S/C25H24ClN3O5/c1-4-33-24(30)21-20(15-7-6-8-16(26)13-15)19(14-27)23(28)29(22(21)25(31)34-5-2)17-9-11-18(32-3)12-10-17/h6-13,20H,4-5,28H2,1-3H3. The number of benzene rings is 2. The van der Waals surface area contributed by atoms with Crippen LogP contribution in [0.5, 0.6) is 5.75 Å². The number of allylic oxidation sites excluding steroid dienone is 1. The Morgan fingerprint density at radius 1 is 1.09 bits per heavy atom. The van der Waals surface area contributed by atoms with Crippen LogP contribution < -0.4 is 15.4 Å². The van der Waals surface area contributed by atoms with Gasteiger partial charge in [0, 0.05) is 10.7 Å². The number of nitriles is 1. The molecule has 0 aromatic heterocycles. The van der Waals surface area contributed by atoms with E-state index in [4.69, 9.17) is 31.5 Å². The zero-order valence-electron chi connectivity index (χ0n) is 19.0. The van der Waals surface area contributed by atoms with Crippen molar-refractivity contribution < 1.29 is 23.8 Å². The molecule has 34 heavy (non-hydrogen) atoms. The molecule has 2 aromatic carbocycles. The van der Waals surface area contributed by atoms with Gasteiger partial charge in [0.1, 0.15) is 17.3 Å². The summed E-state index contributed by atoms with van der Waals surface area (Å²) in [5.41, 5.74) is 7.29. The molecule has 2 N–H and O–H groups in total. The van der Waals surface area contributed by atoms with Crippen molar-refractivity contribution in [1.82, 2.24) is 0 Å². The summed E-state index contributed by atoms with van der Waals surface area (Å²) in [4.78, 5) is 27.9. The maximum absolute atomic E-state index is 13.3. The van der Waals surface area contributed by atoms with E-state index in [-0.39, 0.29) is 35.9 Å². The van der Waals surface area contributed by atoms with E-state index in [2.05, 4.69) is 6.07 Å². The highest BCUT2D eigenvalue weighted by atomic mass is 35.5. The SMILES string of the molecule is CCOC(=O)C1=C(C(=O)OCC)N(c2ccc(OC)cc2)C(N)=C(C#N)C1c1cccc(Cl)c1. The van der Waals surface area contributed by atoms with Gasteiger partial charge in [-0.2, -0.15) is 5.26 Å². The van der Waals surface area contributed by atoms with Crippen molar-refractivity contribution in [2.75, 3.05) is 25.2 Å². The summed E-state index contributed by atoms with van der Waals surface area (Å²) in [6, 6.07) is 15.4. The van der Waals surface area contributed by atoms with E-state index in [1.807, 2.05) is 0 Å². The number of carbonyl (C=O) groups is 2. The van der Waals surface area contributed by atoms with E-state index < -0.39 is 17.9 Å². The van der Waals surface area contributed by atoms with Crippen LogP contribution in [0.4, 0.5) is 5.69 Å². The fraction of sp³-hybridized carbons (Fsp3) is 0.240. The van der Waals surface area contributed by atoms with Crippen molar-refractivity contribution in [3.63, 3.8) is 0 Å². The summed E-state index contributed by atoms with van der Waals surface area (Å²) in [5.74, 6) is -1.99. The summed E-state index contributed by atoms with van der Waals surface area (Å²) in [6.45, 7) is 3.42. The third-order valence-corrected chi connectivity index (χ3v) is 5.41. The van der Waals surface area contributed by atoms with E-state index >= 15 is 0 Å². The van der Waals surface area contributed by atoms with Crippen LogP contribution in [0.2, 0.25) is 5.02 Å². The van der Waals surface area contributed by atoms with Crippen LogP contribution in [0.15, 0.2) is 71.2 Å². The number of hydrogen-bond donors (Lipinski definition) is 1. The van der Waals surface area contributed by atoms with Gasteiger partial charge in [0.05, 0.1) is 43.5 Å². The minimum Gasteiger partial charge on any atom is -0.497 e. The number of methoxy groups -OCH3 is 1. The summed E-state index contributed by atoms with van der Waals surface area (Å²) >= 11 is 6.21. The molecule has 8 nitrogen and oxygen atoms in total. The lowest BCUT2D eigenvalue weighted by Crippen LogP contribution is -2.41. The number of carbonyl (C=O) groups excluding carboxylic acids is 2. The average Bonchev–Trinajstić information content (AvgIpc) is 2.83. The van der Waals surface area contributed by atoms with Crippen molar-refractivity contribution >= 4 is 29.2 Å². The molecule has 0 bridgehead atoms. The Hall–Kier alpha value is -3.96. The second kappa shape index (κ2) is 10.8. The van der Waals surface area contributed by atoms with Crippen molar-refractivity contribution in [3.05, 3.63) is 81.8 Å². The molecule has 0 amide bonds. The van der Waals surface area contributed by atoms with Crippen LogP contribution in [0.25, 0.3) is 0 Å². The third-order valence-electron chi connectivity index (χ3n) is 5.17. The Morgan fingerprint density at radius 2 is 1.74 bits per heavy atom. The molecule has 2 aromatic rings. The fourth-order valence-corrected chi connectivity index (χ4v) is 3.95. The van der Waals surface area contributed by atoms with Crippen molar-refractivity contribution in [2.24, 2.45) is 5.73 Å². The van der Waals surface area contributed by atoms with Crippen LogP contribution in [0.1, 0.15) is 25.3 Å². The van der Waals surface area contributed by atoms with E-state index in [1.165, 1.54) is 12.0 Å². The predicted octanol–water partition coefficient (Wildman–Crippen LogP) is 4.03. The number of anilines is 1. The van der Waals surface area contributed by atoms with Crippen LogP contribution in [-0.2, 0) is 19.1 Å². The number of nitrogens with two attached hydrogens (primary N) is 1. The van der Waals surface area contributed by atoms with Crippen LogP contribution in [0.3, 0.4) is 0 Å². The van der Waals surface area contributed by atoms with E-state index in [0.717, 1.165) is 0 Å². The van der Waals surface area contributed by atoms with Gasteiger partial charge in [-0.3, -0.25) is 4.90 Å². The Kier molecular flexibility index (Phi) is 7.82. The minimum atomic E-state index is -0.989. The maximum atomic E-state index is 13.3. The maximum Gasteiger partial charge on any atom is 0.355 e. The second-order valence-corrected chi connectivity index (χ2v) is 7.57. The Morgan fingerprint density at radius 3 is 2.29 bits per heavy atom. The van der Waals surface area contributed by atoms with E-state index in [0.29, 0.717) is 22.0 Å². The first-order chi connectivity index (χ1) is 16.4. The quantitative estimate of drug-likeness (QED) is 0.589. The van der Waals surface area contributed by atoms with Crippen molar-refractivity contribution in [1.29, 1.82) is 5.26 Å². The van der Waals surface area contributed by atoms with E-state index in [9.17, 15) is 14.9 Å². The number of halogens is 1. The molecule has 0 aliphatic carbocycles. The molecular formula is C25H24ClN3O5. The number of ether oxygens (including phenoxy) is 3. The molecule has 9 heteroatoms. The molecule has 0 radical (unpaired) electrons. The molecule has 1 heterocycles. The lowest BCUT2D eigenvalue weighted by atomic mass is 9.81. The zero-order chi connectivity index (χ0) is 24.8. The van der Waals surface area contributed by atoms with E-state index in [1.54, 1.807) is 62.4 Å². The first-order valence-electron chi connectivity index (χ1n) is 10.6. The second-order valence-electron chi connectivity index (χ2n) is 7.14.